The Hall–Kier alpha value is -2.18. The Labute approximate surface area is 135 Å². The highest BCUT2D eigenvalue weighted by Gasteiger charge is 2.30. The zero-order valence-corrected chi connectivity index (χ0v) is 13.4. The van der Waals surface area contributed by atoms with E-state index >= 15 is 0 Å². The van der Waals surface area contributed by atoms with Crippen molar-refractivity contribution in [3.8, 4) is 0 Å². The molecule has 0 bridgehead atoms. The summed E-state index contributed by atoms with van der Waals surface area (Å²) in [5, 5.41) is 8.22. The number of fused-ring (bicyclic) bond motifs is 1. The molecule has 7 heteroatoms. The molecule has 0 spiro atoms. The van der Waals surface area contributed by atoms with Gasteiger partial charge in [-0.25, -0.2) is 14.5 Å². The number of piperidine rings is 2. The second kappa shape index (κ2) is 6.52. The molecule has 2 saturated heterocycles. The van der Waals surface area contributed by atoms with Crippen LogP contribution in [-0.4, -0.2) is 61.8 Å². The van der Waals surface area contributed by atoms with E-state index in [9.17, 15) is 0 Å². The topological polar surface area (TPSA) is 59.1 Å². The van der Waals surface area contributed by atoms with Gasteiger partial charge < -0.3 is 0 Å². The maximum absolute atomic E-state index is 6.22. The van der Waals surface area contributed by atoms with Gasteiger partial charge in [0.1, 0.15) is 0 Å². The van der Waals surface area contributed by atoms with Crippen molar-refractivity contribution < 1.29 is 9.41 Å². The molecule has 0 N–H and O–H groups in total. The minimum absolute atomic E-state index is 0.615. The Morgan fingerprint density at radius 2 is 1.83 bits per heavy atom. The number of aromatic nitrogens is 4. The fourth-order valence-electron chi connectivity index (χ4n) is 3.38. The van der Waals surface area contributed by atoms with Crippen LogP contribution in [0.1, 0.15) is 38.5 Å². The standard InChI is InChI=1S/C16H23N6O/c1-3-10-20(11-4-1)16(21-12-5-2-6-13-21)23-22-14-8-7-9-17-15(14)18-19-22/h7-9H,1-6,10-13H2/q+1. The molecule has 2 aromatic rings. The van der Waals surface area contributed by atoms with Gasteiger partial charge in [-0.15, -0.1) is 5.10 Å². The second-order valence-electron chi connectivity index (χ2n) is 6.28. The lowest BCUT2D eigenvalue weighted by Crippen LogP contribution is -2.48. The van der Waals surface area contributed by atoms with Gasteiger partial charge in [0.2, 0.25) is 5.65 Å². The molecular weight excluding hydrogens is 292 g/mol. The van der Waals surface area contributed by atoms with Gasteiger partial charge in [-0.05, 0) is 55.9 Å². The lowest BCUT2D eigenvalue weighted by atomic mass is 10.1. The number of hydrogen-bond acceptors (Lipinski definition) is 4. The van der Waals surface area contributed by atoms with Crippen LogP contribution >= 0.6 is 0 Å². The zero-order chi connectivity index (χ0) is 15.5. The second-order valence-corrected chi connectivity index (χ2v) is 6.28. The molecule has 0 saturated carbocycles. The van der Waals surface area contributed by atoms with Crippen LogP contribution in [0.2, 0.25) is 0 Å². The Balaban J connectivity index is 1.67. The summed E-state index contributed by atoms with van der Waals surface area (Å²) >= 11 is 0. The summed E-state index contributed by atoms with van der Waals surface area (Å²) in [7, 11) is 0. The largest absolute Gasteiger partial charge is 0.472 e. The van der Waals surface area contributed by atoms with Gasteiger partial charge in [0.25, 0.3) is 0 Å². The van der Waals surface area contributed by atoms with Gasteiger partial charge in [0.15, 0.2) is 5.52 Å². The summed E-state index contributed by atoms with van der Waals surface area (Å²) in [6.45, 7) is 4.21. The van der Waals surface area contributed by atoms with Crippen LogP contribution in [0.25, 0.3) is 11.2 Å². The van der Waals surface area contributed by atoms with Gasteiger partial charge in [-0.2, -0.15) is 0 Å². The molecule has 0 atom stereocenters. The number of likely N-dealkylation sites (tertiary alicyclic amines) is 1. The summed E-state index contributed by atoms with van der Waals surface area (Å²) in [5.41, 5.74) is 1.42. The van der Waals surface area contributed by atoms with E-state index in [0.717, 1.165) is 37.7 Å². The molecule has 122 valence electrons. The summed E-state index contributed by atoms with van der Waals surface area (Å²) in [5.74, 6) is 0. The fraction of sp³-hybridized carbons (Fsp3) is 0.625. The minimum Gasteiger partial charge on any atom is -0.278 e. The normalized spacial score (nSPS) is 19.1. The van der Waals surface area contributed by atoms with Crippen molar-refractivity contribution >= 4 is 17.2 Å². The third-order valence-electron chi connectivity index (χ3n) is 4.61. The Morgan fingerprint density at radius 1 is 1.04 bits per heavy atom. The highest BCUT2D eigenvalue weighted by molar-refractivity contribution is 5.72. The molecule has 2 aromatic heterocycles. The smallest absolute Gasteiger partial charge is 0.278 e. The molecular formula is C16H23N6O+. The number of hydrogen-bond donors (Lipinski definition) is 0. The van der Waals surface area contributed by atoms with Crippen LogP contribution < -0.4 is 4.84 Å². The van der Waals surface area contributed by atoms with Gasteiger partial charge in [-0.3, -0.25) is 4.84 Å². The monoisotopic (exact) mass is 315 g/mol. The van der Waals surface area contributed by atoms with Crippen LogP contribution in [0, 0.1) is 0 Å². The zero-order valence-electron chi connectivity index (χ0n) is 13.4. The van der Waals surface area contributed by atoms with Crippen LogP contribution in [-0.2, 0) is 0 Å². The predicted molar refractivity (Wildman–Crippen MR) is 86.2 cm³/mol. The Kier molecular flexibility index (Phi) is 4.08. The van der Waals surface area contributed by atoms with Gasteiger partial charge in [0.05, 0.1) is 26.2 Å². The van der Waals surface area contributed by atoms with E-state index in [-0.39, 0.29) is 0 Å². The van der Waals surface area contributed by atoms with Crippen molar-refractivity contribution in [3.63, 3.8) is 0 Å². The van der Waals surface area contributed by atoms with E-state index in [1.807, 2.05) is 12.1 Å². The molecule has 2 aliphatic rings. The van der Waals surface area contributed by atoms with E-state index in [1.165, 1.54) is 43.4 Å². The van der Waals surface area contributed by atoms with Crippen LogP contribution in [0.4, 0.5) is 0 Å². The van der Waals surface area contributed by atoms with Gasteiger partial charge >= 0.3 is 6.02 Å². The third kappa shape index (κ3) is 3.00. The third-order valence-corrected chi connectivity index (χ3v) is 4.61. The van der Waals surface area contributed by atoms with Crippen LogP contribution in [0.3, 0.4) is 0 Å². The molecule has 0 radical (unpaired) electrons. The van der Waals surface area contributed by atoms with E-state index in [2.05, 4.69) is 24.8 Å². The van der Waals surface area contributed by atoms with Crippen molar-refractivity contribution in [3.05, 3.63) is 18.3 Å². The summed E-state index contributed by atoms with van der Waals surface area (Å²) < 4.78 is 2.36. The molecule has 2 fully saturated rings. The molecule has 23 heavy (non-hydrogen) atoms. The minimum atomic E-state index is 0.615. The van der Waals surface area contributed by atoms with E-state index in [0.29, 0.717) is 5.65 Å². The van der Waals surface area contributed by atoms with Gasteiger partial charge in [0, 0.05) is 6.20 Å². The maximum atomic E-state index is 6.22. The number of pyridine rings is 1. The van der Waals surface area contributed by atoms with Crippen molar-refractivity contribution in [1.29, 1.82) is 0 Å². The average Bonchev–Trinajstić information content (AvgIpc) is 3.04. The SMILES string of the molecule is c1cnc2nnn(OC(N3CCCCC3)=[N+]3CCCCC3)c2c1. The average molecular weight is 315 g/mol. The quantitative estimate of drug-likeness (QED) is 0.586. The highest BCUT2D eigenvalue weighted by atomic mass is 16.7. The molecule has 4 rings (SSSR count). The fourth-order valence-corrected chi connectivity index (χ4v) is 3.38. The van der Waals surface area contributed by atoms with Crippen molar-refractivity contribution in [1.82, 2.24) is 25.0 Å². The Morgan fingerprint density at radius 3 is 2.65 bits per heavy atom. The molecule has 7 nitrogen and oxygen atoms in total. The first-order valence-corrected chi connectivity index (χ1v) is 8.63. The number of nitrogens with zero attached hydrogens (tertiary/aromatic N) is 6. The molecule has 0 aromatic carbocycles. The highest BCUT2D eigenvalue weighted by Crippen LogP contribution is 2.13. The van der Waals surface area contributed by atoms with Gasteiger partial charge in [-0.1, -0.05) is 4.85 Å². The van der Waals surface area contributed by atoms with E-state index in [4.69, 9.17) is 4.84 Å². The number of rotatable bonds is 1. The molecule has 0 unspecified atom stereocenters. The van der Waals surface area contributed by atoms with Crippen molar-refractivity contribution in [2.75, 3.05) is 26.2 Å². The first-order valence-electron chi connectivity index (χ1n) is 8.63. The summed E-state index contributed by atoms with van der Waals surface area (Å²) in [4.78, 5) is 14.3. The van der Waals surface area contributed by atoms with Crippen molar-refractivity contribution in [2.24, 2.45) is 0 Å². The van der Waals surface area contributed by atoms with Crippen LogP contribution in [0.5, 0.6) is 0 Å². The van der Waals surface area contributed by atoms with E-state index < -0.39 is 0 Å². The lowest BCUT2D eigenvalue weighted by molar-refractivity contribution is -0.550. The molecule has 0 aliphatic carbocycles. The first kappa shape index (κ1) is 14.4. The molecule has 2 aliphatic heterocycles. The van der Waals surface area contributed by atoms with E-state index in [1.54, 1.807) is 6.20 Å². The predicted octanol–water partition coefficient (Wildman–Crippen LogP) is 1.29. The summed E-state index contributed by atoms with van der Waals surface area (Å²) in [6.07, 6.45) is 9.22. The van der Waals surface area contributed by atoms with Crippen LogP contribution in [0.15, 0.2) is 18.3 Å². The maximum Gasteiger partial charge on any atom is 0.472 e. The number of amidine groups is 1. The Bertz CT molecular complexity index is 695. The first-order chi connectivity index (χ1) is 11.4. The summed E-state index contributed by atoms with van der Waals surface area (Å²) in [6, 6.07) is 4.75. The van der Waals surface area contributed by atoms with Crippen molar-refractivity contribution in [2.45, 2.75) is 38.5 Å². The molecule has 4 heterocycles. The molecule has 0 amide bonds. The lowest BCUT2D eigenvalue weighted by Gasteiger charge is -2.25.